The van der Waals surface area contributed by atoms with E-state index in [2.05, 4.69) is 4.28 Å². The third-order valence-corrected chi connectivity index (χ3v) is 2.68. The minimum absolute atomic E-state index is 0.122. The predicted octanol–water partition coefficient (Wildman–Crippen LogP) is 0.872. The van der Waals surface area contributed by atoms with E-state index in [4.69, 9.17) is 4.74 Å². The zero-order valence-electron chi connectivity index (χ0n) is 12.4. The summed E-state index contributed by atoms with van der Waals surface area (Å²) < 4.78 is 31.2. The number of nitrogens with zero attached hydrogens (tertiary/aromatic N) is 1. The summed E-state index contributed by atoms with van der Waals surface area (Å²) in [6.45, 7) is 5.40. The Morgan fingerprint density at radius 2 is 1.85 bits per heavy atom. The van der Waals surface area contributed by atoms with E-state index >= 15 is 0 Å². The van der Waals surface area contributed by atoms with Gasteiger partial charge in [0.25, 0.3) is 16.0 Å². The summed E-state index contributed by atoms with van der Waals surface area (Å²) in [5.74, 6) is -2.61. The lowest BCUT2D eigenvalue weighted by Gasteiger charge is -2.20. The van der Waals surface area contributed by atoms with E-state index in [0.29, 0.717) is 5.06 Å². The van der Waals surface area contributed by atoms with Crippen LogP contribution in [-0.2, 0) is 28.7 Å². The number of carbonyl (C=O) groups is 2. The van der Waals surface area contributed by atoms with E-state index in [1.807, 2.05) is 13.8 Å². The Morgan fingerprint density at radius 3 is 2.25 bits per heavy atom. The molecule has 0 heterocycles. The van der Waals surface area contributed by atoms with Crippen molar-refractivity contribution in [3.05, 3.63) is 11.6 Å². The molecule has 0 aromatic carbocycles. The number of amides is 1. The molecule has 0 saturated carbocycles. The number of rotatable bonds is 7. The highest BCUT2D eigenvalue weighted by Gasteiger charge is 2.31. The molecule has 0 saturated heterocycles. The van der Waals surface area contributed by atoms with Crippen LogP contribution in [0, 0.1) is 5.92 Å². The van der Waals surface area contributed by atoms with Crippen molar-refractivity contribution in [2.24, 2.45) is 5.92 Å². The van der Waals surface area contributed by atoms with E-state index in [1.54, 1.807) is 13.0 Å². The van der Waals surface area contributed by atoms with Gasteiger partial charge in [-0.25, -0.2) is 5.06 Å². The molecule has 20 heavy (non-hydrogen) atoms. The summed E-state index contributed by atoms with van der Waals surface area (Å²) in [5.41, 5.74) is 0.929. The number of carbonyl (C=O) groups excluding carboxylic acids is 2. The van der Waals surface area contributed by atoms with Gasteiger partial charge in [-0.15, -0.1) is 4.28 Å². The third-order valence-electron chi connectivity index (χ3n) is 2.19. The van der Waals surface area contributed by atoms with Gasteiger partial charge in [-0.1, -0.05) is 11.6 Å². The summed E-state index contributed by atoms with van der Waals surface area (Å²) in [6.07, 6.45) is 2.64. The van der Waals surface area contributed by atoms with Gasteiger partial charge in [0.05, 0.1) is 12.9 Å². The molecule has 0 aromatic rings. The largest absolute Gasteiger partial charge is 0.465 e. The van der Waals surface area contributed by atoms with Gasteiger partial charge in [0.15, 0.2) is 0 Å². The fraction of sp³-hybridized carbons (Fsp3) is 0.667. The fourth-order valence-corrected chi connectivity index (χ4v) is 1.83. The maximum atomic E-state index is 12.1. The quantitative estimate of drug-likeness (QED) is 0.300. The highest BCUT2D eigenvalue weighted by atomic mass is 32.2. The second-order valence-corrected chi connectivity index (χ2v) is 5.99. The molecule has 1 amide bonds. The maximum absolute atomic E-state index is 12.1. The van der Waals surface area contributed by atoms with Crippen LogP contribution in [0.4, 0.5) is 0 Å². The van der Waals surface area contributed by atoms with Gasteiger partial charge in [-0.2, -0.15) is 8.42 Å². The van der Waals surface area contributed by atoms with Gasteiger partial charge in [-0.3, -0.25) is 9.59 Å². The van der Waals surface area contributed by atoms with Crippen LogP contribution in [0.2, 0.25) is 0 Å². The zero-order chi connectivity index (χ0) is 15.9. The first-order valence-electron chi connectivity index (χ1n) is 6.05. The summed E-state index contributed by atoms with van der Waals surface area (Å²) in [5, 5.41) is 0.537. The van der Waals surface area contributed by atoms with Crippen LogP contribution in [0.15, 0.2) is 11.6 Å². The van der Waals surface area contributed by atoms with E-state index in [-0.39, 0.29) is 13.0 Å². The van der Waals surface area contributed by atoms with Crippen LogP contribution in [-0.4, -0.2) is 45.3 Å². The number of allylic oxidation sites excluding steroid dienone is 2. The molecule has 0 radical (unpaired) electrons. The van der Waals surface area contributed by atoms with Crippen molar-refractivity contribution in [2.45, 2.75) is 27.2 Å². The molecule has 0 bridgehead atoms. The van der Waals surface area contributed by atoms with Gasteiger partial charge in [0.1, 0.15) is 5.92 Å². The van der Waals surface area contributed by atoms with Crippen molar-refractivity contribution in [3.63, 3.8) is 0 Å². The average Bonchev–Trinajstić information content (AvgIpc) is 2.26. The lowest BCUT2D eigenvalue weighted by molar-refractivity contribution is -0.166. The Hall–Kier alpha value is -1.41. The SMILES string of the molecule is CCOC(=O)C(CC=C(C)C)C(=O)N(C)OS(C)(=O)=O. The molecule has 0 aliphatic carbocycles. The zero-order valence-corrected chi connectivity index (χ0v) is 13.2. The lowest BCUT2D eigenvalue weighted by atomic mass is 10.0. The Labute approximate surface area is 119 Å². The van der Waals surface area contributed by atoms with Crippen LogP contribution in [0.1, 0.15) is 27.2 Å². The second kappa shape index (κ2) is 8.01. The van der Waals surface area contributed by atoms with Crippen LogP contribution in [0.3, 0.4) is 0 Å². The second-order valence-electron chi connectivity index (χ2n) is 4.44. The maximum Gasteiger partial charge on any atom is 0.318 e. The van der Waals surface area contributed by atoms with Gasteiger partial charge in [0, 0.05) is 7.05 Å². The number of esters is 1. The van der Waals surface area contributed by atoms with Crippen molar-refractivity contribution in [3.8, 4) is 0 Å². The standard InChI is InChI=1S/C12H21NO6S/c1-6-18-12(15)10(8-7-9(2)3)11(14)13(4)19-20(5,16)17/h7,10H,6,8H2,1-5H3. The number of hydrogen-bond acceptors (Lipinski definition) is 6. The third kappa shape index (κ3) is 7.25. The van der Waals surface area contributed by atoms with E-state index < -0.39 is 27.9 Å². The summed E-state index contributed by atoms with van der Waals surface area (Å²) in [4.78, 5) is 23.8. The van der Waals surface area contributed by atoms with Crippen molar-refractivity contribution in [1.82, 2.24) is 5.06 Å². The molecule has 7 nitrogen and oxygen atoms in total. The molecule has 0 rings (SSSR count). The normalized spacial score (nSPS) is 12.4. The van der Waals surface area contributed by atoms with Gasteiger partial charge in [0.2, 0.25) is 0 Å². The van der Waals surface area contributed by atoms with Crippen LogP contribution in [0.25, 0.3) is 0 Å². The topological polar surface area (TPSA) is 90.0 Å². The first-order valence-corrected chi connectivity index (χ1v) is 7.87. The summed E-state index contributed by atoms with van der Waals surface area (Å²) in [7, 11) is -2.70. The minimum atomic E-state index is -3.83. The van der Waals surface area contributed by atoms with Gasteiger partial charge < -0.3 is 4.74 Å². The number of hydrogen-bond donors (Lipinski definition) is 0. The summed E-state index contributed by atoms with van der Waals surface area (Å²) in [6, 6.07) is 0. The van der Waals surface area contributed by atoms with Crippen molar-refractivity contribution < 1.29 is 27.0 Å². The molecule has 0 aromatic heterocycles. The first kappa shape index (κ1) is 18.6. The smallest absolute Gasteiger partial charge is 0.318 e. The number of ether oxygens (including phenoxy) is 1. The van der Waals surface area contributed by atoms with Crippen molar-refractivity contribution in [2.75, 3.05) is 19.9 Å². The fourth-order valence-electron chi connectivity index (χ4n) is 1.35. The molecule has 0 spiro atoms. The molecule has 1 atom stereocenters. The Kier molecular flexibility index (Phi) is 7.44. The van der Waals surface area contributed by atoms with Crippen molar-refractivity contribution >= 4 is 22.0 Å². The minimum Gasteiger partial charge on any atom is -0.465 e. The Bertz CT molecular complexity index is 478. The monoisotopic (exact) mass is 307 g/mol. The molecule has 0 aliphatic rings. The van der Waals surface area contributed by atoms with Gasteiger partial charge in [-0.05, 0) is 27.2 Å². The first-order chi connectivity index (χ1) is 9.08. The molecule has 0 N–H and O–H groups in total. The van der Waals surface area contributed by atoms with E-state index in [9.17, 15) is 18.0 Å². The lowest BCUT2D eigenvalue weighted by Crippen LogP contribution is -2.38. The van der Waals surface area contributed by atoms with Crippen LogP contribution < -0.4 is 0 Å². The molecule has 1 unspecified atom stereocenters. The van der Waals surface area contributed by atoms with Crippen LogP contribution in [0.5, 0.6) is 0 Å². The Morgan fingerprint density at radius 1 is 1.30 bits per heavy atom. The molecule has 8 heteroatoms. The molecule has 0 fully saturated rings. The van der Waals surface area contributed by atoms with Crippen LogP contribution >= 0.6 is 0 Å². The number of hydroxylamine groups is 2. The highest BCUT2D eigenvalue weighted by molar-refractivity contribution is 7.85. The van der Waals surface area contributed by atoms with E-state index in [1.165, 1.54) is 0 Å². The molecule has 116 valence electrons. The van der Waals surface area contributed by atoms with E-state index in [0.717, 1.165) is 18.9 Å². The molecular formula is C12H21NO6S. The van der Waals surface area contributed by atoms with Gasteiger partial charge >= 0.3 is 5.97 Å². The average molecular weight is 307 g/mol. The van der Waals surface area contributed by atoms with Crippen molar-refractivity contribution in [1.29, 1.82) is 0 Å². The summed E-state index contributed by atoms with van der Waals surface area (Å²) >= 11 is 0. The molecule has 0 aliphatic heterocycles. The Balaban J connectivity index is 5.05. The molecular weight excluding hydrogens is 286 g/mol. The highest BCUT2D eigenvalue weighted by Crippen LogP contribution is 2.13. The predicted molar refractivity (Wildman–Crippen MR) is 72.9 cm³/mol.